The molecule has 0 N–H and O–H groups in total. The highest BCUT2D eigenvalue weighted by atomic mass is 35.5. The van der Waals surface area contributed by atoms with Crippen LogP contribution in [0.1, 0.15) is 11.5 Å². The van der Waals surface area contributed by atoms with Gasteiger partial charge in [-0.15, -0.1) is 10.2 Å². The molecule has 0 bridgehead atoms. The molecule has 3 rings (SSSR count). The van der Waals surface area contributed by atoms with Crippen molar-refractivity contribution < 1.29 is 4.39 Å². The zero-order valence-electron chi connectivity index (χ0n) is 10.0. The van der Waals surface area contributed by atoms with Crippen LogP contribution in [-0.4, -0.2) is 16.7 Å². The van der Waals surface area contributed by atoms with Crippen molar-refractivity contribution in [3.05, 3.63) is 65.2 Å². The van der Waals surface area contributed by atoms with Gasteiger partial charge in [-0.2, -0.15) is 0 Å². The Hall–Kier alpha value is -1.94. The maximum absolute atomic E-state index is 13.2. The van der Waals surface area contributed by atoms with E-state index in [4.69, 9.17) is 11.6 Å². The Morgan fingerprint density at radius 2 is 2.11 bits per heavy atom. The Balaban J connectivity index is 1.78. The molecule has 2 heterocycles. The molecule has 5 heteroatoms. The molecule has 3 nitrogen and oxygen atoms in total. The third-order valence-electron chi connectivity index (χ3n) is 3.08. The van der Waals surface area contributed by atoms with E-state index in [0.29, 0.717) is 5.15 Å². The molecule has 1 aliphatic rings. The van der Waals surface area contributed by atoms with Crippen LogP contribution in [0, 0.1) is 5.82 Å². The Kier molecular flexibility index (Phi) is 3.17. The Bertz CT molecular complexity index is 612. The zero-order valence-corrected chi connectivity index (χ0v) is 10.8. The van der Waals surface area contributed by atoms with Crippen LogP contribution >= 0.6 is 11.6 Å². The van der Waals surface area contributed by atoms with Gasteiger partial charge in [0.25, 0.3) is 0 Å². The standard InChI is InChI=1S/C14H11ClFN3/c15-13-4-5-14(18-17-13)19-7-6-11(9-19)10-2-1-3-12(16)8-10/h1-8,11H,9H2. The summed E-state index contributed by atoms with van der Waals surface area (Å²) in [5.74, 6) is 0.684. The number of halogens is 2. The Labute approximate surface area is 115 Å². The van der Waals surface area contributed by atoms with Crippen molar-refractivity contribution in [2.24, 2.45) is 0 Å². The average molecular weight is 276 g/mol. The first kappa shape index (κ1) is 12.1. The number of nitrogens with zero attached hydrogens (tertiary/aromatic N) is 3. The normalized spacial score (nSPS) is 18.0. The van der Waals surface area contributed by atoms with Gasteiger partial charge in [-0.25, -0.2) is 4.39 Å². The van der Waals surface area contributed by atoms with E-state index in [0.717, 1.165) is 17.9 Å². The lowest BCUT2D eigenvalue weighted by atomic mass is 10.0. The minimum Gasteiger partial charge on any atom is -0.331 e. The summed E-state index contributed by atoms with van der Waals surface area (Å²) in [6.07, 6.45) is 3.97. The van der Waals surface area contributed by atoms with Crippen LogP contribution in [0.25, 0.3) is 0 Å². The minimum absolute atomic E-state index is 0.160. The van der Waals surface area contributed by atoms with E-state index in [2.05, 4.69) is 10.2 Å². The number of hydrogen-bond donors (Lipinski definition) is 0. The van der Waals surface area contributed by atoms with Gasteiger partial charge in [0.05, 0.1) is 0 Å². The van der Waals surface area contributed by atoms with Gasteiger partial charge >= 0.3 is 0 Å². The summed E-state index contributed by atoms with van der Waals surface area (Å²) in [6, 6.07) is 10.2. The van der Waals surface area contributed by atoms with Crippen LogP contribution < -0.4 is 4.90 Å². The summed E-state index contributed by atoms with van der Waals surface area (Å²) in [6.45, 7) is 0.722. The number of hydrogen-bond acceptors (Lipinski definition) is 3. The summed E-state index contributed by atoms with van der Waals surface area (Å²) in [7, 11) is 0. The third kappa shape index (κ3) is 2.58. The molecule has 19 heavy (non-hydrogen) atoms. The third-order valence-corrected chi connectivity index (χ3v) is 3.28. The molecule has 0 fully saturated rings. The lowest BCUT2D eigenvalue weighted by molar-refractivity contribution is 0.624. The van der Waals surface area contributed by atoms with E-state index in [-0.39, 0.29) is 11.7 Å². The van der Waals surface area contributed by atoms with Crippen molar-refractivity contribution in [3.63, 3.8) is 0 Å². The quantitative estimate of drug-likeness (QED) is 0.841. The van der Waals surface area contributed by atoms with Crippen LogP contribution in [0.4, 0.5) is 10.2 Å². The van der Waals surface area contributed by atoms with Gasteiger partial charge in [-0.1, -0.05) is 29.8 Å². The lowest BCUT2D eigenvalue weighted by Gasteiger charge is -2.16. The molecule has 2 aromatic rings. The fourth-order valence-corrected chi connectivity index (χ4v) is 2.23. The van der Waals surface area contributed by atoms with Gasteiger partial charge in [0, 0.05) is 18.7 Å². The van der Waals surface area contributed by atoms with Crippen molar-refractivity contribution in [1.82, 2.24) is 10.2 Å². The molecule has 1 aliphatic heterocycles. The van der Waals surface area contributed by atoms with Crippen molar-refractivity contribution in [2.75, 3.05) is 11.4 Å². The molecule has 0 amide bonds. The summed E-state index contributed by atoms with van der Waals surface area (Å²) >= 11 is 5.71. The van der Waals surface area contributed by atoms with Crippen LogP contribution in [0.15, 0.2) is 48.7 Å². The smallest absolute Gasteiger partial charge is 0.155 e. The fourth-order valence-electron chi connectivity index (χ4n) is 2.13. The molecule has 0 radical (unpaired) electrons. The van der Waals surface area contributed by atoms with E-state index >= 15 is 0 Å². The predicted molar refractivity (Wildman–Crippen MR) is 72.7 cm³/mol. The number of aromatic nitrogens is 2. The highest BCUT2D eigenvalue weighted by Gasteiger charge is 2.20. The largest absolute Gasteiger partial charge is 0.331 e. The van der Waals surface area contributed by atoms with E-state index in [1.807, 2.05) is 29.3 Å². The van der Waals surface area contributed by atoms with E-state index in [9.17, 15) is 4.39 Å². The highest BCUT2D eigenvalue weighted by Crippen LogP contribution is 2.27. The first-order valence-corrected chi connectivity index (χ1v) is 6.30. The molecule has 0 aliphatic carbocycles. The van der Waals surface area contributed by atoms with Crippen LogP contribution in [-0.2, 0) is 0 Å². The Morgan fingerprint density at radius 1 is 1.21 bits per heavy atom. The molecular weight excluding hydrogens is 265 g/mol. The average Bonchev–Trinajstić information content (AvgIpc) is 2.89. The molecule has 0 saturated carbocycles. The lowest BCUT2D eigenvalue weighted by Crippen LogP contribution is -2.17. The molecule has 96 valence electrons. The maximum atomic E-state index is 13.2. The van der Waals surface area contributed by atoms with Crippen molar-refractivity contribution in [2.45, 2.75) is 5.92 Å². The molecule has 0 spiro atoms. The Morgan fingerprint density at radius 3 is 2.84 bits per heavy atom. The molecule has 1 atom stereocenters. The van der Waals surface area contributed by atoms with Gasteiger partial charge in [0.1, 0.15) is 5.82 Å². The van der Waals surface area contributed by atoms with Crippen LogP contribution in [0.5, 0.6) is 0 Å². The molecule has 0 saturated heterocycles. The number of anilines is 1. The molecule has 1 aromatic heterocycles. The van der Waals surface area contributed by atoms with E-state index in [1.54, 1.807) is 18.2 Å². The first-order valence-electron chi connectivity index (χ1n) is 5.92. The molecular formula is C14H11ClFN3. The fraction of sp³-hybridized carbons (Fsp3) is 0.143. The monoisotopic (exact) mass is 275 g/mol. The van der Waals surface area contributed by atoms with E-state index < -0.39 is 0 Å². The van der Waals surface area contributed by atoms with Gasteiger partial charge in [-0.3, -0.25) is 0 Å². The summed E-state index contributed by atoms with van der Waals surface area (Å²) in [5.41, 5.74) is 0.959. The topological polar surface area (TPSA) is 29.0 Å². The number of benzene rings is 1. The second kappa shape index (κ2) is 4.97. The van der Waals surface area contributed by atoms with E-state index in [1.165, 1.54) is 6.07 Å². The maximum Gasteiger partial charge on any atom is 0.155 e. The predicted octanol–water partition coefficient (Wildman–Crippen LogP) is 3.39. The molecule has 1 aromatic carbocycles. The number of rotatable bonds is 2. The first-order chi connectivity index (χ1) is 9.22. The second-order valence-electron chi connectivity index (χ2n) is 4.37. The summed E-state index contributed by atoms with van der Waals surface area (Å²) < 4.78 is 13.2. The van der Waals surface area contributed by atoms with Gasteiger partial charge in [0.2, 0.25) is 0 Å². The minimum atomic E-state index is -0.212. The van der Waals surface area contributed by atoms with Crippen molar-refractivity contribution in [1.29, 1.82) is 0 Å². The zero-order chi connectivity index (χ0) is 13.2. The second-order valence-corrected chi connectivity index (χ2v) is 4.76. The highest BCUT2D eigenvalue weighted by molar-refractivity contribution is 6.29. The van der Waals surface area contributed by atoms with Crippen LogP contribution in [0.2, 0.25) is 5.15 Å². The van der Waals surface area contributed by atoms with Crippen molar-refractivity contribution >= 4 is 17.4 Å². The van der Waals surface area contributed by atoms with Gasteiger partial charge < -0.3 is 4.90 Å². The summed E-state index contributed by atoms with van der Waals surface area (Å²) in [5, 5.41) is 8.21. The van der Waals surface area contributed by atoms with Gasteiger partial charge in [-0.05, 0) is 29.8 Å². The van der Waals surface area contributed by atoms with Crippen LogP contribution in [0.3, 0.4) is 0 Å². The molecule has 1 unspecified atom stereocenters. The van der Waals surface area contributed by atoms with Gasteiger partial charge in [0.15, 0.2) is 11.0 Å². The van der Waals surface area contributed by atoms with Crippen molar-refractivity contribution in [3.8, 4) is 0 Å². The SMILES string of the molecule is Fc1cccc(C2C=CN(c3ccc(Cl)nn3)C2)c1. The summed E-state index contributed by atoms with van der Waals surface area (Å²) in [4.78, 5) is 1.97.